The van der Waals surface area contributed by atoms with Crippen LogP contribution in [0, 0.1) is 5.82 Å². The molecule has 5 nitrogen and oxygen atoms in total. The first-order valence-corrected chi connectivity index (χ1v) is 9.23. The van der Waals surface area contributed by atoms with Crippen LogP contribution in [0.3, 0.4) is 0 Å². The second kappa shape index (κ2) is 8.86. The molecule has 0 spiro atoms. The third-order valence-electron chi connectivity index (χ3n) is 5.08. The fraction of sp³-hybridized carbons (Fsp3) is 0.381. The molecule has 6 heteroatoms. The van der Waals surface area contributed by atoms with Crippen LogP contribution in [0.25, 0.3) is 0 Å². The van der Waals surface area contributed by atoms with E-state index in [2.05, 4.69) is 21.2 Å². The molecule has 2 aromatic carbocycles. The molecular weight excluding hydrogens is 345 g/mol. The number of nitrogens with zero attached hydrogens (tertiary/aromatic N) is 2. The molecule has 0 aromatic heterocycles. The highest BCUT2D eigenvalue weighted by Gasteiger charge is 2.26. The number of ether oxygens (including phenoxy) is 1. The van der Waals surface area contributed by atoms with Gasteiger partial charge in [0.2, 0.25) is 5.91 Å². The van der Waals surface area contributed by atoms with Crippen LogP contribution in [-0.4, -0.2) is 50.1 Å². The third-order valence-corrected chi connectivity index (χ3v) is 5.08. The SMILES string of the molecule is COc1ccccc1N1CCN(C(C)C(=O)NCc2ccccc2F)CC1. The molecule has 1 amide bonds. The van der Waals surface area contributed by atoms with Crippen molar-refractivity contribution in [3.63, 3.8) is 0 Å². The first-order chi connectivity index (χ1) is 13.1. The quantitative estimate of drug-likeness (QED) is 0.848. The Balaban J connectivity index is 1.52. The maximum Gasteiger partial charge on any atom is 0.237 e. The van der Waals surface area contributed by atoms with Crippen LogP contribution in [0.2, 0.25) is 0 Å². The minimum atomic E-state index is -0.295. The highest BCUT2D eigenvalue weighted by atomic mass is 19.1. The molecule has 1 N–H and O–H groups in total. The number of halogens is 1. The number of hydrogen-bond donors (Lipinski definition) is 1. The van der Waals surface area contributed by atoms with Gasteiger partial charge in [0.1, 0.15) is 11.6 Å². The first kappa shape index (κ1) is 19.2. The summed E-state index contributed by atoms with van der Waals surface area (Å²) in [5.74, 6) is 0.487. The monoisotopic (exact) mass is 371 g/mol. The number of hydrogen-bond acceptors (Lipinski definition) is 4. The van der Waals surface area contributed by atoms with Gasteiger partial charge in [-0.15, -0.1) is 0 Å². The highest BCUT2D eigenvalue weighted by molar-refractivity contribution is 5.81. The zero-order valence-electron chi connectivity index (χ0n) is 15.8. The van der Waals surface area contributed by atoms with Gasteiger partial charge >= 0.3 is 0 Å². The van der Waals surface area contributed by atoms with E-state index in [1.54, 1.807) is 25.3 Å². The molecule has 27 heavy (non-hydrogen) atoms. The minimum absolute atomic E-state index is 0.0796. The van der Waals surface area contributed by atoms with Gasteiger partial charge in [-0.3, -0.25) is 9.69 Å². The average molecular weight is 371 g/mol. The van der Waals surface area contributed by atoms with Crippen LogP contribution >= 0.6 is 0 Å². The Kier molecular flexibility index (Phi) is 6.29. The predicted octanol–water partition coefficient (Wildman–Crippen LogP) is 2.66. The number of methoxy groups -OCH3 is 1. The van der Waals surface area contributed by atoms with Crippen molar-refractivity contribution in [2.75, 3.05) is 38.2 Å². The van der Waals surface area contributed by atoms with E-state index in [0.29, 0.717) is 5.56 Å². The maximum absolute atomic E-state index is 13.7. The van der Waals surface area contributed by atoms with Gasteiger partial charge < -0.3 is 15.0 Å². The van der Waals surface area contributed by atoms with Crippen LogP contribution in [0.15, 0.2) is 48.5 Å². The van der Waals surface area contributed by atoms with Gasteiger partial charge in [-0.1, -0.05) is 30.3 Å². The molecule has 1 saturated heterocycles. The smallest absolute Gasteiger partial charge is 0.237 e. The van der Waals surface area contributed by atoms with Crippen molar-refractivity contribution >= 4 is 11.6 Å². The standard InChI is InChI=1S/C21H26FN3O2/c1-16(21(26)23-15-17-7-3-4-8-18(17)22)24-11-13-25(14-12-24)19-9-5-6-10-20(19)27-2/h3-10,16H,11-15H2,1-2H3,(H,23,26). The van der Waals surface area contributed by atoms with Gasteiger partial charge in [-0.25, -0.2) is 4.39 Å². The normalized spacial score (nSPS) is 16.0. The van der Waals surface area contributed by atoms with E-state index in [9.17, 15) is 9.18 Å². The lowest BCUT2D eigenvalue weighted by Crippen LogP contribution is -2.54. The molecule has 1 fully saturated rings. The first-order valence-electron chi connectivity index (χ1n) is 9.23. The molecule has 0 radical (unpaired) electrons. The van der Waals surface area contributed by atoms with E-state index < -0.39 is 0 Å². The highest BCUT2D eigenvalue weighted by Crippen LogP contribution is 2.28. The average Bonchev–Trinajstić information content (AvgIpc) is 2.72. The number of para-hydroxylation sites is 2. The second-order valence-electron chi connectivity index (χ2n) is 6.68. The zero-order valence-corrected chi connectivity index (χ0v) is 15.8. The van der Waals surface area contributed by atoms with Crippen molar-refractivity contribution in [2.24, 2.45) is 0 Å². The number of amides is 1. The summed E-state index contributed by atoms with van der Waals surface area (Å²) in [6.07, 6.45) is 0. The number of carbonyl (C=O) groups is 1. The molecule has 1 aliphatic heterocycles. The van der Waals surface area contributed by atoms with Crippen LogP contribution in [0.1, 0.15) is 12.5 Å². The van der Waals surface area contributed by atoms with Crippen molar-refractivity contribution in [3.05, 3.63) is 59.9 Å². The lowest BCUT2D eigenvalue weighted by molar-refractivity contribution is -0.126. The molecule has 3 rings (SSSR count). The van der Waals surface area contributed by atoms with Crippen LogP contribution in [0.4, 0.5) is 10.1 Å². The van der Waals surface area contributed by atoms with E-state index in [1.807, 2.05) is 25.1 Å². The van der Waals surface area contributed by atoms with E-state index >= 15 is 0 Å². The van der Waals surface area contributed by atoms with Crippen molar-refractivity contribution in [2.45, 2.75) is 19.5 Å². The Morgan fingerprint density at radius 2 is 1.78 bits per heavy atom. The fourth-order valence-electron chi connectivity index (χ4n) is 3.38. The summed E-state index contributed by atoms with van der Waals surface area (Å²) in [5, 5.41) is 2.84. The van der Waals surface area contributed by atoms with Gasteiger partial charge in [0, 0.05) is 38.3 Å². The van der Waals surface area contributed by atoms with E-state index in [0.717, 1.165) is 37.6 Å². The summed E-state index contributed by atoms with van der Waals surface area (Å²) in [6.45, 7) is 5.32. The molecule has 1 heterocycles. The van der Waals surface area contributed by atoms with Gasteiger partial charge in [0.25, 0.3) is 0 Å². The van der Waals surface area contributed by atoms with Gasteiger partial charge in [-0.05, 0) is 25.1 Å². The molecule has 1 atom stereocenters. The molecule has 2 aromatic rings. The number of piperazine rings is 1. The number of rotatable bonds is 6. The summed E-state index contributed by atoms with van der Waals surface area (Å²) in [5.41, 5.74) is 1.58. The van der Waals surface area contributed by atoms with E-state index in [-0.39, 0.29) is 24.3 Å². The van der Waals surface area contributed by atoms with Crippen molar-refractivity contribution in [3.8, 4) is 5.75 Å². The Labute approximate surface area is 159 Å². The summed E-state index contributed by atoms with van der Waals surface area (Å²) < 4.78 is 19.1. The zero-order chi connectivity index (χ0) is 19.2. The summed E-state index contributed by atoms with van der Waals surface area (Å²) in [4.78, 5) is 16.9. The largest absolute Gasteiger partial charge is 0.495 e. The van der Waals surface area contributed by atoms with Crippen molar-refractivity contribution in [1.82, 2.24) is 10.2 Å². The van der Waals surface area contributed by atoms with E-state index in [1.165, 1.54) is 6.07 Å². The van der Waals surface area contributed by atoms with Crippen molar-refractivity contribution in [1.29, 1.82) is 0 Å². The molecule has 1 aliphatic rings. The molecule has 0 saturated carbocycles. The number of anilines is 1. The number of benzene rings is 2. The van der Waals surface area contributed by atoms with Gasteiger partial charge in [0.15, 0.2) is 0 Å². The van der Waals surface area contributed by atoms with E-state index in [4.69, 9.17) is 4.74 Å². The summed E-state index contributed by atoms with van der Waals surface area (Å²) >= 11 is 0. The lowest BCUT2D eigenvalue weighted by Gasteiger charge is -2.38. The summed E-state index contributed by atoms with van der Waals surface area (Å²) in [6, 6.07) is 14.2. The Morgan fingerprint density at radius 3 is 2.48 bits per heavy atom. The molecular formula is C21H26FN3O2. The van der Waals surface area contributed by atoms with Gasteiger partial charge in [0.05, 0.1) is 18.8 Å². The molecule has 0 bridgehead atoms. The Bertz CT molecular complexity index is 776. The van der Waals surface area contributed by atoms with Crippen LogP contribution in [0.5, 0.6) is 5.75 Å². The molecule has 144 valence electrons. The van der Waals surface area contributed by atoms with Gasteiger partial charge in [-0.2, -0.15) is 0 Å². The number of nitrogens with one attached hydrogen (secondary N) is 1. The number of carbonyl (C=O) groups excluding carboxylic acids is 1. The fourth-order valence-corrected chi connectivity index (χ4v) is 3.38. The lowest BCUT2D eigenvalue weighted by atomic mass is 10.1. The van der Waals surface area contributed by atoms with Crippen LogP contribution in [-0.2, 0) is 11.3 Å². The van der Waals surface area contributed by atoms with Crippen LogP contribution < -0.4 is 15.0 Å². The summed E-state index contributed by atoms with van der Waals surface area (Å²) in [7, 11) is 1.68. The predicted molar refractivity (Wildman–Crippen MR) is 104 cm³/mol. The minimum Gasteiger partial charge on any atom is -0.495 e. The Morgan fingerprint density at radius 1 is 1.11 bits per heavy atom. The Hall–Kier alpha value is -2.60. The second-order valence-corrected chi connectivity index (χ2v) is 6.68. The topological polar surface area (TPSA) is 44.8 Å². The van der Waals surface area contributed by atoms with Crippen molar-refractivity contribution < 1.29 is 13.9 Å². The molecule has 0 aliphatic carbocycles. The molecule has 1 unspecified atom stereocenters. The third kappa shape index (κ3) is 4.57. The maximum atomic E-state index is 13.7.